The van der Waals surface area contributed by atoms with Crippen LogP contribution in [0.4, 0.5) is 0 Å². The van der Waals surface area contributed by atoms with E-state index in [2.05, 4.69) is 24.9 Å². The van der Waals surface area contributed by atoms with E-state index in [-0.39, 0.29) is 5.28 Å². The summed E-state index contributed by atoms with van der Waals surface area (Å²) >= 11 is 5.95. The molecule has 0 saturated carbocycles. The molecule has 3 aromatic heterocycles. The van der Waals surface area contributed by atoms with Crippen LogP contribution >= 0.6 is 11.6 Å². The van der Waals surface area contributed by atoms with Gasteiger partial charge in [-0.3, -0.25) is 4.57 Å². The molecule has 0 aliphatic carbocycles. The van der Waals surface area contributed by atoms with Crippen LogP contribution in [0.1, 0.15) is 6.92 Å². The Hall–Kier alpha value is -2.28. The minimum Gasteiger partial charge on any atom is -0.329 e. The number of rotatable bonds is 3. The minimum absolute atomic E-state index is 0.124. The Bertz CT molecular complexity index is 689. The SMILES string of the molecule is CCn1ccnc1-c1nc(Cl)nc(-n2ccnc2)n1. The molecular formula is C11H10ClN7. The van der Waals surface area contributed by atoms with Gasteiger partial charge in [-0.05, 0) is 18.5 Å². The lowest BCUT2D eigenvalue weighted by molar-refractivity contribution is 0.760. The van der Waals surface area contributed by atoms with E-state index in [9.17, 15) is 0 Å². The fourth-order valence-corrected chi connectivity index (χ4v) is 1.86. The van der Waals surface area contributed by atoms with Gasteiger partial charge in [0.2, 0.25) is 17.1 Å². The standard InChI is InChI=1S/C11H10ClN7/c1-2-18-6-4-14-9(18)8-15-10(12)17-11(16-8)19-5-3-13-7-19/h3-7H,2H2,1H3. The Morgan fingerprint density at radius 2 is 2.05 bits per heavy atom. The summed E-state index contributed by atoms with van der Waals surface area (Å²) in [5.74, 6) is 1.52. The van der Waals surface area contributed by atoms with Crippen LogP contribution in [-0.2, 0) is 6.54 Å². The highest BCUT2D eigenvalue weighted by Gasteiger charge is 2.12. The molecule has 0 atom stereocenters. The van der Waals surface area contributed by atoms with Crippen LogP contribution in [-0.4, -0.2) is 34.1 Å². The van der Waals surface area contributed by atoms with Crippen LogP contribution in [0.25, 0.3) is 17.6 Å². The van der Waals surface area contributed by atoms with Gasteiger partial charge in [-0.1, -0.05) is 0 Å². The van der Waals surface area contributed by atoms with E-state index in [1.54, 1.807) is 29.5 Å². The Morgan fingerprint density at radius 1 is 1.16 bits per heavy atom. The first kappa shape index (κ1) is 11.8. The topological polar surface area (TPSA) is 74.3 Å². The van der Waals surface area contributed by atoms with E-state index in [4.69, 9.17) is 11.6 Å². The average molecular weight is 276 g/mol. The van der Waals surface area contributed by atoms with Gasteiger partial charge in [0.1, 0.15) is 6.33 Å². The highest BCUT2D eigenvalue weighted by molar-refractivity contribution is 6.28. The molecule has 0 amide bonds. The third-order valence-electron chi connectivity index (χ3n) is 2.59. The predicted octanol–water partition coefficient (Wildman–Crippen LogP) is 1.59. The first-order valence-electron chi connectivity index (χ1n) is 5.69. The molecule has 96 valence electrons. The van der Waals surface area contributed by atoms with Gasteiger partial charge in [0.05, 0.1) is 0 Å². The lowest BCUT2D eigenvalue weighted by atomic mass is 10.5. The fraction of sp³-hybridized carbons (Fsp3) is 0.182. The van der Waals surface area contributed by atoms with Gasteiger partial charge < -0.3 is 4.57 Å². The predicted molar refractivity (Wildman–Crippen MR) is 68.9 cm³/mol. The molecular weight excluding hydrogens is 266 g/mol. The number of aryl methyl sites for hydroxylation is 1. The van der Waals surface area contributed by atoms with Crippen LogP contribution in [0.3, 0.4) is 0 Å². The van der Waals surface area contributed by atoms with Crippen molar-refractivity contribution in [3.8, 4) is 17.6 Å². The van der Waals surface area contributed by atoms with Crippen molar-refractivity contribution in [2.24, 2.45) is 0 Å². The van der Waals surface area contributed by atoms with Gasteiger partial charge in [0, 0.05) is 31.3 Å². The summed E-state index contributed by atoms with van der Waals surface area (Å²) < 4.78 is 3.60. The second-order valence-corrected chi connectivity index (χ2v) is 4.07. The summed E-state index contributed by atoms with van der Waals surface area (Å²) in [4.78, 5) is 20.8. The van der Waals surface area contributed by atoms with Crippen molar-refractivity contribution in [2.75, 3.05) is 0 Å². The van der Waals surface area contributed by atoms with Crippen molar-refractivity contribution in [3.05, 3.63) is 36.4 Å². The van der Waals surface area contributed by atoms with E-state index in [0.29, 0.717) is 17.6 Å². The smallest absolute Gasteiger partial charge is 0.239 e. The van der Waals surface area contributed by atoms with Crippen LogP contribution in [0, 0.1) is 0 Å². The molecule has 0 fully saturated rings. The van der Waals surface area contributed by atoms with E-state index >= 15 is 0 Å². The van der Waals surface area contributed by atoms with Crippen LogP contribution < -0.4 is 0 Å². The third kappa shape index (κ3) is 2.19. The summed E-state index contributed by atoms with van der Waals surface area (Å²) in [6.45, 7) is 2.80. The highest BCUT2D eigenvalue weighted by Crippen LogP contribution is 2.16. The molecule has 0 aromatic carbocycles. The molecule has 7 nitrogen and oxygen atoms in total. The van der Waals surface area contributed by atoms with Gasteiger partial charge in [-0.15, -0.1) is 0 Å². The second-order valence-electron chi connectivity index (χ2n) is 3.73. The van der Waals surface area contributed by atoms with Crippen LogP contribution in [0.5, 0.6) is 0 Å². The second kappa shape index (κ2) is 4.77. The van der Waals surface area contributed by atoms with Gasteiger partial charge in [-0.2, -0.15) is 15.0 Å². The molecule has 0 radical (unpaired) electrons. The van der Waals surface area contributed by atoms with Crippen molar-refractivity contribution < 1.29 is 0 Å². The average Bonchev–Trinajstić information content (AvgIpc) is 3.09. The zero-order valence-corrected chi connectivity index (χ0v) is 10.9. The zero-order chi connectivity index (χ0) is 13.2. The zero-order valence-electron chi connectivity index (χ0n) is 10.1. The Morgan fingerprint density at radius 3 is 2.79 bits per heavy atom. The molecule has 19 heavy (non-hydrogen) atoms. The van der Waals surface area contributed by atoms with Gasteiger partial charge >= 0.3 is 0 Å². The normalized spacial score (nSPS) is 10.8. The number of hydrogen-bond acceptors (Lipinski definition) is 5. The number of halogens is 1. The van der Waals surface area contributed by atoms with Crippen molar-refractivity contribution >= 4 is 11.6 Å². The molecule has 3 rings (SSSR count). The Kier molecular flexibility index (Phi) is 2.96. The molecule has 0 aliphatic rings. The van der Waals surface area contributed by atoms with E-state index in [0.717, 1.165) is 6.54 Å². The summed E-state index contributed by atoms with van der Waals surface area (Å²) in [6.07, 6.45) is 8.55. The van der Waals surface area contributed by atoms with Crippen molar-refractivity contribution in [2.45, 2.75) is 13.5 Å². The van der Waals surface area contributed by atoms with Crippen molar-refractivity contribution in [3.63, 3.8) is 0 Å². The minimum atomic E-state index is 0.124. The molecule has 0 spiro atoms. The maximum absolute atomic E-state index is 5.95. The summed E-state index contributed by atoms with van der Waals surface area (Å²) in [6, 6.07) is 0. The lowest BCUT2D eigenvalue weighted by Gasteiger charge is -2.05. The third-order valence-corrected chi connectivity index (χ3v) is 2.76. The van der Waals surface area contributed by atoms with E-state index in [1.807, 2.05) is 17.7 Å². The molecule has 3 heterocycles. The molecule has 0 aliphatic heterocycles. The fourth-order valence-electron chi connectivity index (χ4n) is 1.70. The number of hydrogen-bond donors (Lipinski definition) is 0. The van der Waals surface area contributed by atoms with Gasteiger partial charge in [0.25, 0.3) is 0 Å². The quantitative estimate of drug-likeness (QED) is 0.726. The maximum atomic E-state index is 5.95. The van der Waals surface area contributed by atoms with E-state index in [1.165, 1.54) is 0 Å². The van der Waals surface area contributed by atoms with Gasteiger partial charge in [0.15, 0.2) is 5.82 Å². The number of nitrogens with zero attached hydrogens (tertiary/aromatic N) is 7. The van der Waals surface area contributed by atoms with Crippen molar-refractivity contribution in [1.29, 1.82) is 0 Å². The molecule has 0 unspecified atom stereocenters. The molecule has 3 aromatic rings. The first-order chi connectivity index (χ1) is 9.28. The molecule has 0 N–H and O–H groups in total. The number of aromatic nitrogens is 7. The van der Waals surface area contributed by atoms with Crippen molar-refractivity contribution in [1.82, 2.24) is 34.1 Å². The first-order valence-corrected chi connectivity index (χ1v) is 6.07. The largest absolute Gasteiger partial charge is 0.329 e. The maximum Gasteiger partial charge on any atom is 0.239 e. The summed E-state index contributed by atoms with van der Waals surface area (Å²) in [5.41, 5.74) is 0. The van der Waals surface area contributed by atoms with Gasteiger partial charge in [-0.25, -0.2) is 9.97 Å². The molecule has 0 bridgehead atoms. The lowest BCUT2D eigenvalue weighted by Crippen LogP contribution is -2.06. The van der Waals surface area contributed by atoms with E-state index < -0.39 is 0 Å². The van der Waals surface area contributed by atoms with Crippen LogP contribution in [0.2, 0.25) is 5.28 Å². The monoisotopic (exact) mass is 275 g/mol. The number of imidazole rings is 2. The highest BCUT2D eigenvalue weighted by atomic mass is 35.5. The Balaban J connectivity index is 2.13. The summed E-state index contributed by atoms with van der Waals surface area (Å²) in [5, 5.41) is 0.124. The molecule has 0 saturated heterocycles. The van der Waals surface area contributed by atoms with Crippen LogP contribution in [0.15, 0.2) is 31.1 Å². The molecule has 8 heteroatoms. The Labute approximate surface area is 114 Å². The summed E-state index contributed by atoms with van der Waals surface area (Å²) in [7, 11) is 0.